The number of guanidine groups is 1. The van der Waals surface area contributed by atoms with Gasteiger partial charge in [-0.1, -0.05) is 0 Å². The van der Waals surface area contributed by atoms with Gasteiger partial charge in [-0.25, -0.2) is 0 Å². The predicted octanol–water partition coefficient (Wildman–Crippen LogP) is 2.11. The van der Waals surface area contributed by atoms with Gasteiger partial charge in [0.1, 0.15) is 0 Å². The molecule has 0 amide bonds. The quantitative estimate of drug-likeness (QED) is 0.435. The highest BCUT2D eigenvalue weighted by atomic mass is 127. The van der Waals surface area contributed by atoms with Gasteiger partial charge in [0.25, 0.3) is 0 Å². The lowest BCUT2D eigenvalue weighted by molar-refractivity contribution is 0.374. The van der Waals surface area contributed by atoms with Crippen LogP contribution in [0.2, 0.25) is 0 Å². The lowest BCUT2D eigenvalue weighted by Gasteiger charge is -2.36. The van der Waals surface area contributed by atoms with Gasteiger partial charge in [0.05, 0.1) is 11.9 Å². The van der Waals surface area contributed by atoms with Crippen molar-refractivity contribution < 1.29 is 0 Å². The maximum atomic E-state index is 4.60. The Kier molecular flexibility index (Phi) is 6.98. The summed E-state index contributed by atoms with van der Waals surface area (Å²) < 4.78 is 1.87. The van der Waals surface area contributed by atoms with Crippen LogP contribution < -0.4 is 15.5 Å². The van der Waals surface area contributed by atoms with Crippen LogP contribution in [0, 0.1) is 0 Å². The minimum Gasteiger partial charge on any atom is -0.367 e. The third-order valence-corrected chi connectivity index (χ3v) is 4.58. The van der Waals surface area contributed by atoms with Crippen LogP contribution in [0.5, 0.6) is 0 Å². The molecule has 1 aromatic heterocycles. The molecule has 3 rings (SSSR count). The molecule has 6 nitrogen and oxygen atoms in total. The van der Waals surface area contributed by atoms with Crippen LogP contribution in [0.1, 0.15) is 39.0 Å². The third kappa shape index (κ3) is 4.99. The molecule has 2 heterocycles. The van der Waals surface area contributed by atoms with E-state index in [0.29, 0.717) is 12.1 Å². The summed E-state index contributed by atoms with van der Waals surface area (Å²) in [7, 11) is 1.97. The van der Waals surface area contributed by atoms with E-state index in [4.69, 9.17) is 0 Å². The maximum absolute atomic E-state index is 4.60. The number of aryl methyl sites for hydroxylation is 1. The number of anilines is 1. The summed E-state index contributed by atoms with van der Waals surface area (Å²) in [5, 5.41) is 11.5. The standard InChI is InChI=1S/C16H28N6.HI/c1-3-17-16(19-13-6-4-7-13)20-14-8-5-9-22(11-14)15-10-18-21(2)12-15;/h10,12-14H,3-9,11H2,1-2H3,(H2,17,19,20);1H. The number of nitrogens with one attached hydrogen (secondary N) is 2. The second-order valence-corrected chi connectivity index (χ2v) is 6.40. The van der Waals surface area contributed by atoms with Gasteiger partial charge in [0.2, 0.25) is 0 Å². The fraction of sp³-hybridized carbons (Fsp3) is 0.750. The average molecular weight is 432 g/mol. The molecule has 0 spiro atoms. The van der Waals surface area contributed by atoms with Crippen molar-refractivity contribution in [2.24, 2.45) is 12.0 Å². The van der Waals surface area contributed by atoms with Crippen LogP contribution in [-0.4, -0.2) is 47.5 Å². The number of nitrogens with zero attached hydrogens (tertiary/aromatic N) is 4. The van der Waals surface area contributed by atoms with Crippen molar-refractivity contribution in [2.45, 2.75) is 51.1 Å². The van der Waals surface area contributed by atoms with E-state index in [1.165, 1.54) is 37.8 Å². The smallest absolute Gasteiger partial charge is 0.191 e. The number of aromatic nitrogens is 2. The summed E-state index contributed by atoms with van der Waals surface area (Å²) in [4.78, 5) is 7.02. The lowest BCUT2D eigenvalue weighted by atomic mass is 9.93. The minimum atomic E-state index is 0. The normalized spacial score (nSPS) is 22.3. The zero-order valence-electron chi connectivity index (χ0n) is 14.2. The Morgan fingerprint density at radius 2 is 2.00 bits per heavy atom. The second-order valence-electron chi connectivity index (χ2n) is 6.40. The van der Waals surface area contributed by atoms with E-state index in [-0.39, 0.29) is 24.0 Å². The maximum Gasteiger partial charge on any atom is 0.191 e. The predicted molar refractivity (Wildman–Crippen MR) is 106 cm³/mol. The van der Waals surface area contributed by atoms with Crippen LogP contribution in [0.4, 0.5) is 5.69 Å². The Bertz CT molecular complexity index is 510. The van der Waals surface area contributed by atoms with Crippen molar-refractivity contribution in [3.63, 3.8) is 0 Å². The Hall–Kier alpha value is -0.990. The Morgan fingerprint density at radius 1 is 1.26 bits per heavy atom. The lowest BCUT2D eigenvalue weighted by Crippen LogP contribution is -2.54. The van der Waals surface area contributed by atoms with Gasteiger partial charge in [0, 0.05) is 45.0 Å². The summed E-state index contributed by atoms with van der Waals surface area (Å²) in [5.41, 5.74) is 1.22. The molecule has 0 bridgehead atoms. The molecule has 2 N–H and O–H groups in total. The third-order valence-electron chi connectivity index (χ3n) is 4.58. The summed E-state index contributed by atoms with van der Waals surface area (Å²) in [5.74, 6) is 0.991. The molecule has 1 unspecified atom stereocenters. The number of hydrogen-bond donors (Lipinski definition) is 2. The molecule has 7 heteroatoms. The SMILES string of the molecule is CCN=C(NC1CCC1)NC1CCCN(c2cnn(C)c2)C1.I. The number of halogens is 1. The van der Waals surface area contributed by atoms with Crippen LogP contribution >= 0.6 is 24.0 Å². The molecule has 1 aliphatic heterocycles. The van der Waals surface area contributed by atoms with Crippen molar-refractivity contribution in [1.82, 2.24) is 20.4 Å². The summed E-state index contributed by atoms with van der Waals surface area (Å²) >= 11 is 0. The van der Waals surface area contributed by atoms with Crippen molar-refractivity contribution in [1.29, 1.82) is 0 Å². The van der Waals surface area contributed by atoms with E-state index in [9.17, 15) is 0 Å². The van der Waals surface area contributed by atoms with E-state index in [2.05, 4.69) is 38.7 Å². The van der Waals surface area contributed by atoms with E-state index >= 15 is 0 Å². The van der Waals surface area contributed by atoms with Crippen molar-refractivity contribution in [2.75, 3.05) is 24.5 Å². The van der Waals surface area contributed by atoms with Crippen LogP contribution in [-0.2, 0) is 7.05 Å². The monoisotopic (exact) mass is 432 g/mol. The zero-order valence-corrected chi connectivity index (χ0v) is 16.5. The van der Waals surface area contributed by atoms with Gasteiger partial charge in [-0.3, -0.25) is 9.67 Å². The molecule has 0 aromatic carbocycles. The first-order valence-electron chi connectivity index (χ1n) is 8.55. The average Bonchev–Trinajstić information content (AvgIpc) is 2.90. The highest BCUT2D eigenvalue weighted by molar-refractivity contribution is 14.0. The fourth-order valence-electron chi connectivity index (χ4n) is 3.13. The Labute approximate surface area is 156 Å². The first-order chi connectivity index (χ1) is 10.7. The molecular formula is C16H29IN6. The number of hydrogen-bond acceptors (Lipinski definition) is 3. The van der Waals surface area contributed by atoms with Crippen LogP contribution in [0.25, 0.3) is 0 Å². The van der Waals surface area contributed by atoms with Crippen LogP contribution in [0.3, 0.4) is 0 Å². The van der Waals surface area contributed by atoms with Gasteiger partial charge >= 0.3 is 0 Å². The first kappa shape index (κ1) is 18.4. The van der Waals surface area contributed by atoms with Gasteiger partial charge in [0.15, 0.2) is 5.96 Å². The Balaban J connectivity index is 0.00000192. The minimum absolute atomic E-state index is 0. The summed E-state index contributed by atoms with van der Waals surface area (Å²) in [6.07, 6.45) is 10.3. The second kappa shape index (κ2) is 8.75. The van der Waals surface area contributed by atoms with Gasteiger partial charge in [-0.2, -0.15) is 5.10 Å². The zero-order chi connectivity index (χ0) is 15.4. The molecular weight excluding hydrogens is 403 g/mol. The van der Waals surface area contributed by atoms with Gasteiger partial charge < -0.3 is 15.5 Å². The van der Waals surface area contributed by atoms with Crippen molar-refractivity contribution >= 4 is 35.6 Å². The molecule has 1 saturated carbocycles. The molecule has 0 radical (unpaired) electrons. The number of piperidine rings is 1. The topological polar surface area (TPSA) is 57.5 Å². The largest absolute Gasteiger partial charge is 0.367 e. The fourth-order valence-corrected chi connectivity index (χ4v) is 3.13. The number of aliphatic imine (C=N–C) groups is 1. The molecule has 1 aliphatic carbocycles. The molecule has 2 aliphatic rings. The molecule has 2 fully saturated rings. The summed E-state index contributed by atoms with van der Waals surface area (Å²) in [6.45, 7) is 5.04. The molecule has 1 atom stereocenters. The number of rotatable bonds is 4. The molecule has 23 heavy (non-hydrogen) atoms. The van der Waals surface area contributed by atoms with Gasteiger partial charge in [-0.05, 0) is 39.0 Å². The Morgan fingerprint density at radius 3 is 2.61 bits per heavy atom. The molecule has 1 aromatic rings. The van der Waals surface area contributed by atoms with Gasteiger partial charge in [-0.15, -0.1) is 24.0 Å². The molecule has 130 valence electrons. The van der Waals surface area contributed by atoms with E-state index < -0.39 is 0 Å². The highest BCUT2D eigenvalue weighted by Gasteiger charge is 2.24. The molecule has 1 saturated heterocycles. The van der Waals surface area contributed by atoms with E-state index in [0.717, 1.165) is 25.6 Å². The summed E-state index contributed by atoms with van der Waals surface area (Å²) in [6, 6.07) is 1.07. The van der Waals surface area contributed by atoms with Crippen LogP contribution in [0.15, 0.2) is 17.4 Å². The van der Waals surface area contributed by atoms with Crippen molar-refractivity contribution in [3.05, 3.63) is 12.4 Å². The first-order valence-corrected chi connectivity index (χ1v) is 8.55. The van der Waals surface area contributed by atoms with E-state index in [1.54, 1.807) is 0 Å². The van der Waals surface area contributed by atoms with Crippen molar-refractivity contribution in [3.8, 4) is 0 Å². The highest BCUT2D eigenvalue weighted by Crippen LogP contribution is 2.20. The van der Waals surface area contributed by atoms with E-state index in [1.807, 2.05) is 17.9 Å².